The number of hydrogen-bond donors (Lipinski definition) is 0. The van der Waals surface area contributed by atoms with Gasteiger partial charge in [0.05, 0.1) is 16.8 Å². The fraction of sp³-hybridized carbons (Fsp3) is 0.0667. The molecule has 3 aromatic rings. The van der Waals surface area contributed by atoms with Crippen molar-refractivity contribution in [1.29, 1.82) is 0 Å². The molecule has 0 unspecified atom stereocenters. The van der Waals surface area contributed by atoms with Gasteiger partial charge in [0.1, 0.15) is 0 Å². The van der Waals surface area contributed by atoms with Gasteiger partial charge in [0, 0.05) is 12.4 Å². The van der Waals surface area contributed by atoms with Gasteiger partial charge in [-0.3, -0.25) is 4.99 Å². The summed E-state index contributed by atoms with van der Waals surface area (Å²) in [6, 6.07) is 14.2. The van der Waals surface area contributed by atoms with Crippen LogP contribution in [0.3, 0.4) is 0 Å². The van der Waals surface area contributed by atoms with Gasteiger partial charge in [0.15, 0.2) is 0 Å². The lowest BCUT2D eigenvalue weighted by Gasteiger charge is -2.00. The first-order valence-corrected chi connectivity index (χ1v) is 7.91. The number of thiophene rings is 1. The minimum Gasteiger partial charge on any atom is -0.261 e. The Balaban J connectivity index is 2.05. The van der Waals surface area contributed by atoms with Crippen LogP contribution in [-0.2, 0) is 0 Å². The van der Waals surface area contributed by atoms with Crippen LogP contribution in [0.2, 0.25) is 0 Å². The van der Waals surface area contributed by atoms with E-state index in [-0.39, 0.29) is 0 Å². The molecule has 0 bridgehead atoms. The Hall–Kier alpha value is -1.98. The first-order valence-electron chi connectivity index (χ1n) is 6.15. The van der Waals surface area contributed by atoms with Crippen LogP contribution in [-0.4, -0.2) is 17.9 Å². The smallest absolute Gasteiger partial charge is 0.205 e. The average Bonchev–Trinajstić information content (AvgIpc) is 3.14. The minimum atomic E-state index is 0.889. The van der Waals surface area contributed by atoms with Crippen LogP contribution in [0.25, 0.3) is 10.6 Å². The Morgan fingerprint density at radius 3 is 2.60 bits per heavy atom. The molecule has 2 aromatic heterocycles. The highest BCUT2D eigenvalue weighted by molar-refractivity contribution is 7.14. The van der Waals surface area contributed by atoms with E-state index in [1.807, 2.05) is 47.3 Å². The quantitative estimate of drug-likeness (QED) is 0.660. The Morgan fingerprint density at radius 2 is 1.90 bits per heavy atom. The maximum Gasteiger partial charge on any atom is 0.205 e. The van der Waals surface area contributed by atoms with Crippen LogP contribution in [0.4, 0.5) is 0 Å². The minimum absolute atomic E-state index is 0.889. The third-order valence-corrected chi connectivity index (χ3v) is 4.57. The van der Waals surface area contributed by atoms with Crippen LogP contribution in [0.5, 0.6) is 0 Å². The number of hydrogen-bond acceptors (Lipinski definition) is 4. The molecule has 2 heterocycles. The summed E-state index contributed by atoms with van der Waals surface area (Å²) in [6.45, 7) is 0. The maximum absolute atomic E-state index is 4.58. The maximum atomic E-state index is 4.58. The molecular weight excluding hydrogens is 286 g/mol. The van der Waals surface area contributed by atoms with Crippen molar-refractivity contribution in [3.63, 3.8) is 0 Å². The van der Waals surface area contributed by atoms with Gasteiger partial charge in [-0.1, -0.05) is 36.4 Å². The Kier molecular flexibility index (Phi) is 3.90. The third-order valence-electron chi connectivity index (χ3n) is 2.77. The highest BCUT2D eigenvalue weighted by Gasteiger charge is 2.07. The summed E-state index contributed by atoms with van der Waals surface area (Å²) in [5.41, 5.74) is 2.16. The average molecular weight is 299 g/mol. The summed E-state index contributed by atoms with van der Waals surface area (Å²) in [4.78, 5) is 6.37. The van der Waals surface area contributed by atoms with Crippen molar-refractivity contribution < 1.29 is 0 Å². The topological polar surface area (TPSA) is 29.6 Å². The summed E-state index contributed by atoms with van der Waals surface area (Å²) in [5.74, 6) is 0. The third kappa shape index (κ3) is 2.64. The zero-order chi connectivity index (χ0) is 13.8. The van der Waals surface area contributed by atoms with Gasteiger partial charge >= 0.3 is 0 Å². The van der Waals surface area contributed by atoms with Gasteiger partial charge in [-0.05, 0) is 17.0 Å². The van der Waals surface area contributed by atoms with Crippen molar-refractivity contribution in [3.05, 3.63) is 63.6 Å². The molecule has 0 saturated heterocycles. The molecule has 0 saturated carbocycles. The van der Waals surface area contributed by atoms with Crippen LogP contribution in [0, 0.1) is 0 Å². The number of nitrogens with zero attached hydrogens (tertiary/aromatic N) is 3. The van der Waals surface area contributed by atoms with E-state index in [4.69, 9.17) is 0 Å². The molecule has 0 radical (unpaired) electrons. The van der Waals surface area contributed by atoms with Crippen molar-refractivity contribution in [2.75, 3.05) is 7.05 Å². The fourth-order valence-electron chi connectivity index (χ4n) is 1.82. The van der Waals surface area contributed by atoms with E-state index in [1.54, 1.807) is 29.7 Å². The number of benzene rings is 1. The van der Waals surface area contributed by atoms with E-state index in [1.165, 1.54) is 4.88 Å². The van der Waals surface area contributed by atoms with E-state index < -0.39 is 0 Å². The SMILES string of the molecule is CN=c1scc(-c2cccs2)n1/N=C/c1ccccc1. The van der Waals surface area contributed by atoms with Gasteiger partial charge < -0.3 is 0 Å². The molecular formula is C15H13N3S2. The second kappa shape index (κ2) is 5.98. The molecule has 20 heavy (non-hydrogen) atoms. The molecule has 0 N–H and O–H groups in total. The molecule has 0 spiro atoms. The summed E-state index contributed by atoms with van der Waals surface area (Å²) < 4.78 is 1.89. The number of rotatable bonds is 3. The van der Waals surface area contributed by atoms with E-state index in [9.17, 15) is 0 Å². The van der Waals surface area contributed by atoms with Crippen LogP contribution in [0.15, 0.2) is 63.3 Å². The van der Waals surface area contributed by atoms with Crippen LogP contribution >= 0.6 is 22.7 Å². The normalized spacial score (nSPS) is 12.3. The second-order valence-corrected chi connectivity index (χ2v) is 5.86. The van der Waals surface area contributed by atoms with Crippen molar-refractivity contribution in [1.82, 2.24) is 4.68 Å². The highest BCUT2D eigenvalue weighted by Crippen LogP contribution is 2.24. The van der Waals surface area contributed by atoms with Crippen LogP contribution in [0.1, 0.15) is 5.56 Å². The Morgan fingerprint density at radius 1 is 1.05 bits per heavy atom. The van der Waals surface area contributed by atoms with Crippen molar-refractivity contribution >= 4 is 28.9 Å². The van der Waals surface area contributed by atoms with E-state index in [0.717, 1.165) is 16.1 Å². The summed E-state index contributed by atoms with van der Waals surface area (Å²) >= 11 is 3.30. The molecule has 5 heteroatoms. The van der Waals surface area contributed by atoms with E-state index >= 15 is 0 Å². The molecule has 0 aliphatic rings. The molecule has 0 amide bonds. The zero-order valence-corrected chi connectivity index (χ0v) is 12.6. The molecule has 3 nitrogen and oxygen atoms in total. The van der Waals surface area contributed by atoms with Gasteiger partial charge in [-0.25, -0.2) is 4.68 Å². The molecule has 0 fully saturated rings. The van der Waals surface area contributed by atoms with Gasteiger partial charge in [-0.2, -0.15) is 5.10 Å². The van der Waals surface area contributed by atoms with E-state index in [0.29, 0.717) is 0 Å². The predicted molar refractivity (Wildman–Crippen MR) is 86.5 cm³/mol. The highest BCUT2D eigenvalue weighted by atomic mass is 32.1. The van der Waals surface area contributed by atoms with Gasteiger partial charge in [-0.15, -0.1) is 22.7 Å². The molecule has 1 aromatic carbocycles. The summed E-state index contributed by atoms with van der Waals surface area (Å²) in [6.07, 6.45) is 1.86. The number of aromatic nitrogens is 1. The first-order chi connectivity index (χ1) is 9.88. The number of thiazole rings is 1. The van der Waals surface area contributed by atoms with Gasteiger partial charge in [0.2, 0.25) is 4.80 Å². The molecule has 0 aliphatic carbocycles. The molecule has 0 atom stereocenters. The molecule has 100 valence electrons. The molecule has 3 rings (SSSR count). The lowest BCUT2D eigenvalue weighted by molar-refractivity contribution is 0.850. The van der Waals surface area contributed by atoms with E-state index in [2.05, 4.69) is 26.9 Å². The van der Waals surface area contributed by atoms with Gasteiger partial charge in [0.25, 0.3) is 0 Å². The van der Waals surface area contributed by atoms with Crippen molar-refractivity contribution in [2.45, 2.75) is 0 Å². The molecule has 0 aliphatic heterocycles. The first kappa shape index (κ1) is 13.0. The summed E-state index contributed by atoms with van der Waals surface area (Å²) in [7, 11) is 1.79. The monoisotopic (exact) mass is 299 g/mol. The Labute approximate surface area is 125 Å². The lowest BCUT2D eigenvalue weighted by Crippen LogP contribution is -2.11. The van der Waals surface area contributed by atoms with Crippen LogP contribution < -0.4 is 4.80 Å². The lowest BCUT2D eigenvalue weighted by atomic mass is 10.2. The standard InChI is InChI=1S/C15H13N3S2/c1-16-15-18(17-10-12-6-3-2-4-7-12)13(11-20-15)14-8-5-9-19-14/h2-11H,1H3/b16-15?,17-10+. The second-order valence-electron chi connectivity index (χ2n) is 4.07. The Bertz CT molecular complexity index is 765. The van der Waals surface area contributed by atoms with Crippen molar-refractivity contribution in [2.24, 2.45) is 10.1 Å². The zero-order valence-electron chi connectivity index (χ0n) is 10.9. The largest absolute Gasteiger partial charge is 0.261 e. The van der Waals surface area contributed by atoms with Crippen molar-refractivity contribution in [3.8, 4) is 10.6 Å². The summed E-state index contributed by atoms with van der Waals surface area (Å²) in [5, 5.41) is 8.74. The predicted octanol–water partition coefficient (Wildman–Crippen LogP) is 3.69. The fourth-order valence-corrected chi connectivity index (χ4v) is 3.42.